The minimum absolute atomic E-state index is 0.357. The molecule has 0 bridgehead atoms. The fraction of sp³-hybridized carbons (Fsp3) is 0.583. The van der Waals surface area contributed by atoms with Crippen LogP contribution in [0.5, 0.6) is 0 Å². The van der Waals surface area contributed by atoms with Crippen LogP contribution >= 0.6 is 0 Å². The zero-order valence-corrected chi connectivity index (χ0v) is 9.07. The maximum Gasteiger partial charge on any atom is 0.225 e. The van der Waals surface area contributed by atoms with Gasteiger partial charge < -0.3 is 9.47 Å². The van der Waals surface area contributed by atoms with Crippen LogP contribution < -0.4 is 0 Å². The summed E-state index contributed by atoms with van der Waals surface area (Å²) in [6, 6.07) is 2.14. The number of rotatable bonds is 1. The van der Waals surface area contributed by atoms with Crippen LogP contribution in [0.25, 0.3) is 0 Å². The third kappa shape index (κ3) is 1.46. The summed E-state index contributed by atoms with van der Waals surface area (Å²) in [5, 5.41) is 0. The van der Waals surface area contributed by atoms with E-state index in [4.69, 9.17) is 0 Å². The predicted molar refractivity (Wildman–Crippen MR) is 57.3 cm³/mol. The first-order chi connectivity index (χ1) is 7.25. The summed E-state index contributed by atoms with van der Waals surface area (Å²) < 4.78 is 2.17. The molecule has 0 atom stereocenters. The Kier molecular flexibility index (Phi) is 1.87. The second-order valence-electron chi connectivity index (χ2n) is 4.68. The summed E-state index contributed by atoms with van der Waals surface area (Å²) in [7, 11) is 2.08. The Balaban J connectivity index is 1.79. The minimum atomic E-state index is 0.357. The van der Waals surface area contributed by atoms with E-state index in [1.165, 1.54) is 11.3 Å². The van der Waals surface area contributed by atoms with Crippen molar-refractivity contribution < 1.29 is 4.79 Å². The van der Waals surface area contributed by atoms with Gasteiger partial charge in [-0.3, -0.25) is 4.79 Å². The first-order valence-corrected chi connectivity index (χ1v) is 5.67. The van der Waals surface area contributed by atoms with E-state index in [-0.39, 0.29) is 0 Å². The minimum Gasteiger partial charge on any atom is -0.354 e. The molecule has 1 aliphatic carbocycles. The van der Waals surface area contributed by atoms with E-state index >= 15 is 0 Å². The second-order valence-corrected chi connectivity index (χ2v) is 4.68. The molecule has 0 saturated heterocycles. The van der Waals surface area contributed by atoms with Crippen molar-refractivity contribution in [2.45, 2.75) is 25.8 Å². The molecule has 3 heteroatoms. The summed E-state index contributed by atoms with van der Waals surface area (Å²) in [4.78, 5) is 13.9. The number of carbonyl (C=O) groups excluding carboxylic acids is 1. The molecule has 1 aromatic rings. The van der Waals surface area contributed by atoms with Gasteiger partial charge in [-0.25, -0.2) is 0 Å². The van der Waals surface area contributed by atoms with Crippen LogP contribution in [0.2, 0.25) is 0 Å². The molecule has 3 rings (SSSR count). The van der Waals surface area contributed by atoms with E-state index in [2.05, 4.69) is 23.9 Å². The second kappa shape index (κ2) is 3.12. The Bertz CT molecular complexity index is 404. The number of hydrogen-bond donors (Lipinski definition) is 0. The van der Waals surface area contributed by atoms with Gasteiger partial charge in [0.1, 0.15) is 0 Å². The Morgan fingerprint density at radius 1 is 1.47 bits per heavy atom. The van der Waals surface area contributed by atoms with Crippen molar-refractivity contribution in [1.82, 2.24) is 9.47 Å². The molecule has 0 spiro atoms. The van der Waals surface area contributed by atoms with Crippen LogP contribution in [0.3, 0.4) is 0 Å². The molecule has 1 aliphatic heterocycles. The van der Waals surface area contributed by atoms with E-state index < -0.39 is 0 Å². The molecule has 1 amide bonds. The van der Waals surface area contributed by atoms with Crippen molar-refractivity contribution in [3.05, 3.63) is 23.5 Å². The highest BCUT2D eigenvalue weighted by Gasteiger charge is 2.34. The number of aryl methyl sites for hydroxylation is 1. The molecule has 1 aromatic heterocycles. The van der Waals surface area contributed by atoms with Gasteiger partial charge in [0.15, 0.2) is 0 Å². The summed E-state index contributed by atoms with van der Waals surface area (Å²) in [6.45, 7) is 1.73. The van der Waals surface area contributed by atoms with Crippen molar-refractivity contribution >= 4 is 5.91 Å². The fourth-order valence-electron chi connectivity index (χ4n) is 2.40. The smallest absolute Gasteiger partial charge is 0.225 e. The van der Waals surface area contributed by atoms with Gasteiger partial charge in [0.2, 0.25) is 5.91 Å². The maximum atomic E-state index is 11.9. The van der Waals surface area contributed by atoms with Crippen molar-refractivity contribution in [2.75, 3.05) is 6.54 Å². The zero-order chi connectivity index (χ0) is 10.4. The third-order valence-corrected chi connectivity index (χ3v) is 3.51. The average molecular weight is 204 g/mol. The maximum absolute atomic E-state index is 11.9. The Morgan fingerprint density at radius 3 is 3.00 bits per heavy atom. The Labute approximate surface area is 89.7 Å². The normalized spacial score (nSPS) is 20.2. The third-order valence-electron chi connectivity index (χ3n) is 3.51. The first kappa shape index (κ1) is 9.01. The number of hydrogen-bond acceptors (Lipinski definition) is 1. The van der Waals surface area contributed by atoms with Gasteiger partial charge in [-0.15, -0.1) is 0 Å². The van der Waals surface area contributed by atoms with Crippen LogP contribution in [0.4, 0.5) is 0 Å². The summed E-state index contributed by atoms with van der Waals surface area (Å²) >= 11 is 0. The van der Waals surface area contributed by atoms with Crippen LogP contribution in [-0.4, -0.2) is 21.9 Å². The van der Waals surface area contributed by atoms with Gasteiger partial charge in [0.25, 0.3) is 0 Å². The van der Waals surface area contributed by atoms with E-state index in [0.29, 0.717) is 11.8 Å². The lowest BCUT2D eigenvalue weighted by atomic mass is 10.1. The lowest BCUT2D eigenvalue weighted by Gasteiger charge is -2.27. The van der Waals surface area contributed by atoms with Crippen molar-refractivity contribution in [3.8, 4) is 0 Å². The SMILES string of the molecule is Cn1ccc2c1CCN(C(=O)C1CC1)C2. The topological polar surface area (TPSA) is 25.2 Å². The van der Waals surface area contributed by atoms with Crippen LogP contribution in [0.15, 0.2) is 12.3 Å². The summed E-state index contributed by atoms with van der Waals surface area (Å²) in [5.41, 5.74) is 2.73. The van der Waals surface area contributed by atoms with Gasteiger partial charge in [0.05, 0.1) is 0 Å². The van der Waals surface area contributed by atoms with E-state index in [1.807, 2.05) is 4.90 Å². The average Bonchev–Trinajstić information content (AvgIpc) is 3.03. The molecule has 15 heavy (non-hydrogen) atoms. The molecule has 0 radical (unpaired) electrons. The van der Waals surface area contributed by atoms with E-state index in [1.54, 1.807) is 0 Å². The highest BCUT2D eigenvalue weighted by Crippen LogP contribution is 2.32. The standard InChI is InChI=1S/C12H16N2O/c1-13-6-4-10-8-14(7-5-11(10)13)12(15)9-2-3-9/h4,6,9H,2-3,5,7-8H2,1H3. The first-order valence-electron chi connectivity index (χ1n) is 5.67. The van der Waals surface area contributed by atoms with Crippen molar-refractivity contribution in [2.24, 2.45) is 13.0 Å². The number of carbonyl (C=O) groups is 1. The van der Waals surface area contributed by atoms with Crippen molar-refractivity contribution in [3.63, 3.8) is 0 Å². The van der Waals surface area contributed by atoms with Crippen molar-refractivity contribution in [1.29, 1.82) is 0 Å². The fourth-order valence-corrected chi connectivity index (χ4v) is 2.40. The molecule has 0 N–H and O–H groups in total. The van der Waals surface area contributed by atoms with Crippen LogP contribution in [0.1, 0.15) is 24.1 Å². The van der Waals surface area contributed by atoms with Crippen LogP contribution in [-0.2, 0) is 24.8 Å². The lowest BCUT2D eigenvalue weighted by Crippen LogP contribution is -2.37. The zero-order valence-electron chi connectivity index (χ0n) is 9.07. The number of fused-ring (bicyclic) bond motifs is 1. The molecule has 3 nitrogen and oxygen atoms in total. The molecular formula is C12H16N2O. The Morgan fingerprint density at radius 2 is 2.27 bits per heavy atom. The highest BCUT2D eigenvalue weighted by molar-refractivity contribution is 5.81. The van der Waals surface area contributed by atoms with Gasteiger partial charge in [-0.1, -0.05) is 0 Å². The van der Waals surface area contributed by atoms with Crippen LogP contribution in [0, 0.1) is 5.92 Å². The van der Waals surface area contributed by atoms with E-state index in [9.17, 15) is 4.79 Å². The van der Waals surface area contributed by atoms with Gasteiger partial charge >= 0.3 is 0 Å². The molecule has 2 heterocycles. The highest BCUT2D eigenvalue weighted by atomic mass is 16.2. The molecule has 80 valence electrons. The molecule has 1 saturated carbocycles. The summed E-state index contributed by atoms with van der Waals surface area (Å²) in [6.07, 6.45) is 5.32. The van der Waals surface area contributed by atoms with E-state index in [0.717, 1.165) is 32.4 Å². The number of nitrogens with zero attached hydrogens (tertiary/aromatic N) is 2. The largest absolute Gasteiger partial charge is 0.354 e. The molecule has 0 unspecified atom stereocenters. The molecular weight excluding hydrogens is 188 g/mol. The molecule has 1 fully saturated rings. The number of amides is 1. The Hall–Kier alpha value is -1.25. The summed E-state index contributed by atoms with van der Waals surface area (Å²) in [5.74, 6) is 0.736. The molecule has 2 aliphatic rings. The number of aromatic nitrogens is 1. The lowest BCUT2D eigenvalue weighted by molar-refractivity contribution is -0.133. The molecule has 0 aromatic carbocycles. The quantitative estimate of drug-likeness (QED) is 0.677. The predicted octanol–water partition coefficient (Wildman–Crippen LogP) is 1.32. The van der Waals surface area contributed by atoms with Gasteiger partial charge in [0, 0.05) is 44.4 Å². The van der Waals surface area contributed by atoms with Gasteiger partial charge in [-0.05, 0) is 24.5 Å². The van der Waals surface area contributed by atoms with Gasteiger partial charge in [-0.2, -0.15) is 0 Å². The monoisotopic (exact) mass is 204 g/mol.